The number of ether oxygens (including phenoxy) is 4. The van der Waals surface area contributed by atoms with Gasteiger partial charge in [0.2, 0.25) is 5.75 Å². The number of hydrogen-bond donors (Lipinski definition) is 0. The molecule has 0 saturated heterocycles. The SMILES string of the molecule is COc1ccc([C@H]2CC(=O)c3c(C)cc4oc(=O)cc(C)c4c3O2)c(OC)c1OC. The number of benzene rings is 2. The molecule has 1 aliphatic rings. The predicted molar refractivity (Wildman–Crippen MR) is 110 cm³/mol. The van der Waals surface area contributed by atoms with Gasteiger partial charge in [-0.1, -0.05) is 0 Å². The molecule has 0 spiro atoms. The topological polar surface area (TPSA) is 84.2 Å². The Morgan fingerprint density at radius 1 is 0.933 bits per heavy atom. The number of carbonyl (C=O) groups excluding carboxylic acids is 1. The zero-order valence-electron chi connectivity index (χ0n) is 17.5. The smallest absolute Gasteiger partial charge is 0.336 e. The van der Waals surface area contributed by atoms with Gasteiger partial charge in [-0.3, -0.25) is 4.79 Å². The van der Waals surface area contributed by atoms with Crippen molar-refractivity contribution in [1.29, 1.82) is 0 Å². The van der Waals surface area contributed by atoms with Crippen LogP contribution in [0, 0.1) is 13.8 Å². The third kappa shape index (κ3) is 2.98. The van der Waals surface area contributed by atoms with Gasteiger partial charge in [0.1, 0.15) is 17.4 Å². The molecule has 0 fully saturated rings. The minimum absolute atomic E-state index is 0.0527. The van der Waals surface area contributed by atoms with Gasteiger partial charge in [-0.25, -0.2) is 4.79 Å². The van der Waals surface area contributed by atoms with Gasteiger partial charge < -0.3 is 23.4 Å². The second kappa shape index (κ2) is 7.40. The second-order valence-electron chi connectivity index (χ2n) is 7.18. The Morgan fingerprint density at radius 3 is 2.33 bits per heavy atom. The monoisotopic (exact) mass is 410 g/mol. The molecule has 7 nitrogen and oxygen atoms in total. The number of rotatable bonds is 4. The molecule has 1 atom stereocenters. The maximum absolute atomic E-state index is 13.1. The van der Waals surface area contributed by atoms with Crippen molar-refractivity contribution in [2.75, 3.05) is 21.3 Å². The summed E-state index contributed by atoms with van der Waals surface area (Å²) in [5.74, 6) is 1.75. The van der Waals surface area contributed by atoms with Crippen molar-refractivity contribution < 1.29 is 28.2 Å². The Kier molecular flexibility index (Phi) is 4.89. The molecular weight excluding hydrogens is 388 g/mol. The molecule has 4 rings (SSSR count). The van der Waals surface area contributed by atoms with E-state index in [9.17, 15) is 9.59 Å². The van der Waals surface area contributed by atoms with E-state index in [1.807, 2.05) is 0 Å². The predicted octanol–water partition coefficient (Wildman–Crippen LogP) is 4.14. The second-order valence-corrected chi connectivity index (χ2v) is 7.18. The minimum Gasteiger partial charge on any atom is -0.493 e. The highest BCUT2D eigenvalue weighted by molar-refractivity contribution is 6.07. The number of ketones is 1. The Balaban J connectivity index is 1.93. The first-order chi connectivity index (χ1) is 14.4. The molecule has 156 valence electrons. The van der Waals surface area contributed by atoms with Crippen LogP contribution in [0.2, 0.25) is 0 Å². The Morgan fingerprint density at radius 2 is 1.67 bits per heavy atom. The van der Waals surface area contributed by atoms with Gasteiger partial charge in [0, 0.05) is 11.6 Å². The molecule has 2 aromatic carbocycles. The van der Waals surface area contributed by atoms with Crippen molar-refractivity contribution in [3.05, 3.63) is 56.9 Å². The van der Waals surface area contributed by atoms with Crippen LogP contribution in [0.5, 0.6) is 23.0 Å². The van der Waals surface area contributed by atoms with Crippen LogP contribution in [0.1, 0.15) is 39.6 Å². The number of carbonyl (C=O) groups is 1. The quantitative estimate of drug-likeness (QED) is 0.598. The maximum atomic E-state index is 13.1. The molecule has 0 unspecified atom stereocenters. The van der Waals surface area contributed by atoms with Crippen molar-refractivity contribution in [3.63, 3.8) is 0 Å². The lowest BCUT2D eigenvalue weighted by atomic mass is 9.90. The molecule has 0 saturated carbocycles. The van der Waals surface area contributed by atoms with Crippen LogP contribution in [-0.2, 0) is 0 Å². The van der Waals surface area contributed by atoms with E-state index in [2.05, 4.69) is 0 Å². The fraction of sp³-hybridized carbons (Fsp3) is 0.304. The van der Waals surface area contributed by atoms with E-state index in [-0.39, 0.29) is 12.2 Å². The van der Waals surface area contributed by atoms with Crippen LogP contribution in [0.25, 0.3) is 11.0 Å². The molecular formula is C23H22O7. The van der Waals surface area contributed by atoms with Crippen LogP contribution < -0.4 is 24.6 Å². The molecule has 0 aliphatic carbocycles. The molecule has 0 bridgehead atoms. The molecule has 0 amide bonds. The van der Waals surface area contributed by atoms with Gasteiger partial charge >= 0.3 is 5.63 Å². The first-order valence-electron chi connectivity index (χ1n) is 9.46. The summed E-state index contributed by atoms with van der Waals surface area (Å²) in [6, 6.07) is 6.65. The molecule has 1 aromatic heterocycles. The molecule has 3 aromatic rings. The maximum Gasteiger partial charge on any atom is 0.336 e. The lowest BCUT2D eigenvalue weighted by Gasteiger charge is -2.29. The first kappa shape index (κ1) is 19.8. The molecule has 0 radical (unpaired) electrons. The number of fused-ring (bicyclic) bond motifs is 3. The average molecular weight is 410 g/mol. The van der Waals surface area contributed by atoms with E-state index in [4.69, 9.17) is 23.4 Å². The summed E-state index contributed by atoms with van der Waals surface area (Å²) < 4.78 is 28.1. The standard InChI is InChI=1S/C23H22O7/c1-11-8-17-20(12(2)9-18(25)29-17)23-19(11)14(24)10-16(30-23)13-6-7-15(26-3)22(28-5)21(13)27-4/h6-9,16H,10H2,1-5H3/t16-/m1/s1. The summed E-state index contributed by atoms with van der Waals surface area (Å²) in [7, 11) is 4.59. The molecule has 2 heterocycles. The Hall–Kier alpha value is -3.48. The summed E-state index contributed by atoms with van der Waals surface area (Å²) in [6.45, 7) is 3.60. The van der Waals surface area contributed by atoms with Crippen molar-refractivity contribution >= 4 is 16.8 Å². The number of aryl methyl sites for hydroxylation is 2. The van der Waals surface area contributed by atoms with Gasteiger partial charge in [-0.05, 0) is 43.2 Å². The largest absolute Gasteiger partial charge is 0.493 e. The van der Waals surface area contributed by atoms with Crippen LogP contribution >= 0.6 is 0 Å². The van der Waals surface area contributed by atoms with Gasteiger partial charge in [-0.15, -0.1) is 0 Å². The lowest BCUT2D eigenvalue weighted by molar-refractivity contribution is 0.0848. The normalized spacial score (nSPS) is 15.5. The van der Waals surface area contributed by atoms with E-state index < -0.39 is 11.7 Å². The molecule has 7 heteroatoms. The highest BCUT2D eigenvalue weighted by Gasteiger charge is 2.34. The van der Waals surface area contributed by atoms with E-state index >= 15 is 0 Å². The summed E-state index contributed by atoms with van der Waals surface area (Å²) in [6.07, 6.45) is -0.461. The van der Waals surface area contributed by atoms with E-state index in [0.29, 0.717) is 56.2 Å². The molecule has 1 aliphatic heterocycles. The zero-order valence-corrected chi connectivity index (χ0v) is 17.5. The third-order valence-electron chi connectivity index (χ3n) is 5.37. The van der Waals surface area contributed by atoms with Crippen molar-refractivity contribution in [3.8, 4) is 23.0 Å². The fourth-order valence-electron chi connectivity index (χ4n) is 4.07. The van der Waals surface area contributed by atoms with Gasteiger partial charge in [0.15, 0.2) is 17.3 Å². The summed E-state index contributed by atoms with van der Waals surface area (Å²) in [4.78, 5) is 25.0. The average Bonchev–Trinajstić information content (AvgIpc) is 2.71. The minimum atomic E-state index is -0.601. The van der Waals surface area contributed by atoms with Crippen LogP contribution in [0.15, 0.2) is 33.5 Å². The summed E-state index contributed by atoms with van der Waals surface area (Å²) in [5, 5.41) is 0.618. The van der Waals surface area contributed by atoms with Crippen LogP contribution in [0.4, 0.5) is 0 Å². The van der Waals surface area contributed by atoms with E-state index in [0.717, 1.165) is 0 Å². The summed E-state index contributed by atoms with van der Waals surface area (Å²) in [5.41, 5.74) is 2.51. The highest BCUT2D eigenvalue weighted by atomic mass is 16.5. The van der Waals surface area contributed by atoms with Crippen molar-refractivity contribution in [1.82, 2.24) is 0 Å². The van der Waals surface area contributed by atoms with Gasteiger partial charge in [0.25, 0.3) is 0 Å². The lowest BCUT2D eigenvalue weighted by Crippen LogP contribution is -2.22. The van der Waals surface area contributed by atoms with Gasteiger partial charge in [-0.2, -0.15) is 0 Å². The van der Waals surface area contributed by atoms with Crippen molar-refractivity contribution in [2.24, 2.45) is 0 Å². The fourth-order valence-corrected chi connectivity index (χ4v) is 4.07. The molecule has 30 heavy (non-hydrogen) atoms. The Bertz CT molecular complexity index is 1220. The first-order valence-corrected chi connectivity index (χ1v) is 9.46. The van der Waals surface area contributed by atoms with E-state index in [1.54, 1.807) is 39.2 Å². The third-order valence-corrected chi connectivity index (χ3v) is 5.37. The number of Topliss-reactive ketones (excluding diaryl/α,β-unsaturated/α-hetero) is 1. The Labute approximate surface area is 173 Å². The zero-order chi connectivity index (χ0) is 21.6. The number of methoxy groups -OCH3 is 3. The van der Waals surface area contributed by atoms with Gasteiger partial charge in [0.05, 0.1) is 38.7 Å². The molecule has 0 N–H and O–H groups in total. The highest BCUT2D eigenvalue weighted by Crippen LogP contribution is 2.48. The van der Waals surface area contributed by atoms with Crippen molar-refractivity contribution in [2.45, 2.75) is 26.4 Å². The summed E-state index contributed by atoms with van der Waals surface area (Å²) >= 11 is 0. The van der Waals surface area contributed by atoms with Crippen LogP contribution in [-0.4, -0.2) is 27.1 Å². The number of hydrogen-bond acceptors (Lipinski definition) is 7. The van der Waals surface area contributed by atoms with Crippen LogP contribution in [0.3, 0.4) is 0 Å². The van der Waals surface area contributed by atoms with E-state index in [1.165, 1.54) is 20.3 Å².